The Balaban J connectivity index is 1.88. The lowest BCUT2D eigenvalue weighted by Gasteiger charge is -2.28. The van der Waals surface area contributed by atoms with Crippen LogP contribution in [-0.2, 0) is 6.54 Å². The molecule has 1 fully saturated rings. The zero-order valence-corrected chi connectivity index (χ0v) is 11.1. The molecule has 0 unspecified atom stereocenters. The van der Waals surface area contributed by atoms with Crippen molar-refractivity contribution in [2.45, 2.75) is 18.6 Å². The third kappa shape index (κ3) is 3.45. The van der Waals surface area contributed by atoms with E-state index >= 15 is 0 Å². The quantitative estimate of drug-likeness (QED) is 0.813. The zero-order valence-electron chi connectivity index (χ0n) is 11.1. The monoisotopic (exact) mass is 250 g/mol. The van der Waals surface area contributed by atoms with Crippen LogP contribution in [0.3, 0.4) is 0 Å². The SMILES string of the molecule is COc1ccc(CN(C)C[C@]2(O)CCNC2)cc1. The summed E-state index contributed by atoms with van der Waals surface area (Å²) in [6, 6.07) is 8.06. The molecule has 1 heterocycles. The van der Waals surface area contributed by atoms with E-state index in [1.807, 2.05) is 19.2 Å². The number of hydrogen-bond donors (Lipinski definition) is 2. The summed E-state index contributed by atoms with van der Waals surface area (Å²) in [5.41, 5.74) is 0.661. The van der Waals surface area contributed by atoms with Gasteiger partial charge in [-0.1, -0.05) is 12.1 Å². The third-order valence-corrected chi connectivity index (χ3v) is 3.40. The van der Waals surface area contributed by atoms with Gasteiger partial charge in [-0.15, -0.1) is 0 Å². The molecule has 0 aromatic heterocycles. The lowest BCUT2D eigenvalue weighted by molar-refractivity contribution is 0.0264. The van der Waals surface area contributed by atoms with Crippen molar-refractivity contribution in [2.24, 2.45) is 0 Å². The number of likely N-dealkylation sites (N-methyl/N-ethyl adjacent to an activating group) is 1. The van der Waals surface area contributed by atoms with E-state index < -0.39 is 5.60 Å². The highest BCUT2D eigenvalue weighted by Crippen LogP contribution is 2.17. The second-order valence-corrected chi connectivity index (χ2v) is 5.17. The molecule has 1 aliphatic rings. The van der Waals surface area contributed by atoms with Crippen LogP contribution in [0.5, 0.6) is 5.75 Å². The molecule has 18 heavy (non-hydrogen) atoms. The van der Waals surface area contributed by atoms with Gasteiger partial charge in [-0.3, -0.25) is 4.90 Å². The minimum absolute atomic E-state index is 0.568. The van der Waals surface area contributed by atoms with Crippen molar-refractivity contribution < 1.29 is 9.84 Å². The van der Waals surface area contributed by atoms with E-state index in [0.717, 1.165) is 25.3 Å². The van der Waals surface area contributed by atoms with Gasteiger partial charge in [0, 0.05) is 19.6 Å². The van der Waals surface area contributed by atoms with Crippen molar-refractivity contribution >= 4 is 0 Å². The summed E-state index contributed by atoms with van der Waals surface area (Å²) >= 11 is 0. The van der Waals surface area contributed by atoms with E-state index in [2.05, 4.69) is 22.3 Å². The van der Waals surface area contributed by atoms with Crippen molar-refractivity contribution in [3.05, 3.63) is 29.8 Å². The maximum atomic E-state index is 10.3. The number of nitrogens with zero attached hydrogens (tertiary/aromatic N) is 1. The van der Waals surface area contributed by atoms with Crippen LogP contribution in [0.15, 0.2) is 24.3 Å². The van der Waals surface area contributed by atoms with Crippen LogP contribution in [0.1, 0.15) is 12.0 Å². The van der Waals surface area contributed by atoms with Gasteiger partial charge in [-0.2, -0.15) is 0 Å². The number of nitrogens with one attached hydrogen (secondary N) is 1. The molecule has 1 aromatic carbocycles. The topological polar surface area (TPSA) is 44.7 Å². The first-order chi connectivity index (χ1) is 8.61. The van der Waals surface area contributed by atoms with Crippen LogP contribution in [0.25, 0.3) is 0 Å². The molecule has 1 saturated heterocycles. The summed E-state index contributed by atoms with van der Waals surface area (Å²) in [4.78, 5) is 2.16. The lowest BCUT2D eigenvalue weighted by Crippen LogP contribution is -2.42. The van der Waals surface area contributed by atoms with Crippen LogP contribution >= 0.6 is 0 Å². The van der Waals surface area contributed by atoms with Gasteiger partial charge in [0.1, 0.15) is 5.75 Å². The summed E-state index contributed by atoms with van der Waals surface area (Å²) in [7, 11) is 3.71. The van der Waals surface area contributed by atoms with Crippen molar-refractivity contribution in [1.29, 1.82) is 0 Å². The summed E-state index contributed by atoms with van der Waals surface area (Å²) in [5, 5.41) is 13.5. The van der Waals surface area contributed by atoms with Crippen LogP contribution < -0.4 is 10.1 Å². The first-order valence-electron chi connectivity index (χ1n) is 6.36. The summed E-state index contributed by atoms with van der Waals surface area (Å²) < 4.78 is 5.14. The van der Waals surface area contributed by atoms with Gasteiger partial charge >= 0.3 is 0 Å². The largest absolute Gasteiger partial charge is 0.497 e. The van der Waals surface area contributed by atoms with Crippen molar-refractivity contribution in [1.82, 2.24) is 10.2 Å². The van der Waals surface area contributed by atoms with Crippen molar-refractivity contribution in [2.75, 3.05) is 33.8 Å². The normalized spacial score (nSPS) is 23.6. The van der Waals surface area contributed by atoms with Gasteiger partial charge in [0.2, 0.25) is 0 Å². The second kappa shape index (κ2) is 5.69. The van der Waals surface area contributed by atoms with Gasteiger partial charge in [-0.25, -0.2) is 0 Å². The summed E-state index contributed by atoms with van der Waals surface area (Å²) in [6.07, 6.45) is 0.833. The summed E-state index contributed by atoms with van der Waals surface area (Å²) in [5.74, 6) is 0.875. The van der Waals surface area contributed by atoms with Gasteiger partial charge in [0.05, 0.1) is 12.7 Å². The van der Waals surface area contributed by atoms with E-state index in [1.54, 1.807) is 7.11 Å². The Hall–Kier alpha value is -1.10. The van der Waals surface area contributed by atoms with Gasteiger partial charge < -0.3 is 15.2 Å². The first-order valence-corrected chi connectivity index (χ1v) is 6.36. The molecule has 0 aliphatic carbocycles. The molecule has 1 aliphatic heterocycles. The first kappa shape index (κ1) is 13.3. The minimum atomic E-state index is -0.568. The number of rotatable bonds is 5. The molecular weight excluding hydrogens is 228 g/mol. The number of benzene rings is 1. The maximum Gasteiger partial charge on any atom is 0.118 e. The highest BCUT2D eigenvalue weighted by Gasteiger charge is 2.31. The predicted molar refractivity (Wildman–Crippen MR) is 71.8 cm³/mol. The minimum Gasteiger partial charge on any atom is -0.497 e. The van der Waals surface area contributed by atoms with Gasteiger partial charge in [-0.05, 0) is 37.7 Å². The van der Waals surface area contributed by atoms with Gasteiger partial charge in [0.15, 0.2) is 0 Å². The molecule has 0 saturated carbocycles. The van der Waals surface area contributed by atoms with E-state index in [9.17, 15) is 5.11 Å². The summed E-state index contributed by atoms with van der Waals surface area (Å²) in [6.45, 7) is 3.14. The zero-order chi connectivity index (χ0) is 13.0. The molecule has 0 bridgehead atoms. The van der Waals surface area contributed by atoms with Crippen LogP contribution in [0.4, 0.5) is 0 Å². The lowest BCUT2D eigenvalue weighted by atomic mass is 10.0. The molecule has 0 radical (unpaired) electrons. The molecule has 0 spiro atoms. The molecule has 4 nitrogen and oxygen atoms in total. The average molecular weight is 250 g/mol. The third-order valence-electron chi connectivity index (χ3n) is 3.40. The smallest absolute Gasteiger partial charge is 0.118 e. The molecule has 2 N–H and O–H groups in total. The van der Waals surface area contributed by atoms with E-state index in [1.165, 1.54) is 5.56 Å². The Labute approximate surface area is 109 Å². The predicted octanol–water partition coefficient (Wildman–Crippen LogP) is 0.851. The standard InChI is InChI=1S/C14H22N2O2/c1-16(11-14(17)7-8-15-10-14)9-12-3-5-13(18-2)6-4-12/h3-6,15,17H,7-11H2,1-2H3/t14-/m0/s1. The van der Waals surface area contributed by atoms with Gasteiger partial charge in [0.25, 0.3) is 0 Å². The Morgan fingerprint density at radius 1 is 1.39 bits per heavy atom. The van der Waals surface area contributed by atoms with Crippen LogP contribution in [0, 0.1) is 0 Å². The molecule has 4 heteroatoms. The molecule has 0 amide bonds. The fraction of sp³-hybridized carbons (Fsp3) is 0.571. The van der Waals surface area contributed by atoms with E-state index in [4.69, 9.17) is 4.74 Å². The average Bonchev–Trinajstić information content (AvgIpc) is 2.76. The molecule has 2 rings (SSSR count). The number of ether oxygens (including phenoxy) is 1. The Kier molecular flexibility index (Phi) is 4.22. The number of aliphatic hydroxyl groups is 1. The number of methoxy groups -OCH3 is 1. The van der Waals surface area contributed by atoms with E-state index in [0.29, 0.717) is 13.1 Å². The highest BCUT2D eigenvalue weighted by atomic mass is 16.5. The Morgan fingerprint density at radius 2 is 2.11 bits per heavy atom. The second-order valence-electron chi connectivity index (χ2n) is 5.17. The van der Waals surface area contributed by atoms with Crippen LogP contribution in [-0.4, -0.2) is 49.4 Å². The Morgan fingerprint density at radius 3 is 2.67 bits per heavy atom. The molecule has 1 aromatic rings. The highest BCUT2D eigenvalue weighted by molar-refractivity contribution is 5.27. The number of hydrogen-bond acceptors (Lipinski definition) is 4. The Bertz CT molecular complexity index is 372. The molecular formula is C14H22N2O2. The van der Waals surface area contributed by atoms with Crippen LogP contribution in [0.2, 0.25) is 0 Å². The van der Waals surface area contributed by atoms with Crippen molar-refractivity contribution in [3.63, 3.8) is 0 Å². The fourth-order valence-corrected chi connectivity index (χ4v) is 2.47. The maximum absolute atomic E-state index is 10.3. The molecule has 1 atom stereocenters. The van der Waals surface area contributed by atoms with E-state index in [-0.39, 0.29) is 0 Å². The fourth-order valence-electron chi connectivity index (χ4n) is 2.47. The molecule has 100 valence electrons. The van der Waals surface area contributed by atoms with Crippen molar-refractivity contribution in [3.8, 4) is 5.75 Å². The number of β-amino-alcohol motifs (C(OH)–C–C–N with tert-alkyl or cyclic N) is 1.